The van der Waals surface area contributed by atoms with Gasteiger partial charge in [0.1, 0.15) is 18.0 Å². The molecule has 5 rings (SSSR count). The Morgan fingerprint density at radius 2 is 1.78 bits per heavy atom. The first kappa shape index (κ1) is 23.1. The number of fused-ring (bicyclic) bond motifs is 3. The molecular weight excluding hydrogens is 459 g/mol. The van der Waals surface area contributed by atoms with Crippen molar-refractivity contribution in [2.75, 3.05) is 6.61 Å². The zero-order valence-electron chi connectivity index (χ0n) is 19.5. The summed E-state index contributed by atoms with van der Waals surface area (Å²) in [6.07, 6.45) is 1.50. The Labute approximate surface area is 206 Å². The van der Waals surface area contributed by atoms with E-state index in [4.69, 9.17) is 13.9 Å². The van der Waals surface area contributed by atoms with Crippen LogP contribution in [0, 0.1) is 5.82 Å². The Balaban J connectivity index is 1.28. The van der Waals surface area contributed by atoms with Gasteiger partial charge < -0.3 is 13.9 Å². The van der Waals surface area contributed by atoms with Gasteiger partial charge in [0.05, 0.1) is 12.8 Å². The first-order valence-electron chi connectivity index (χ1n) is 11.5. The van der Waals surface area contributed by atoms with Crippen LogP contribution in [-0.4, -0.2) is 18.7 Å². The second kappa shape index (κ2) is 10.3. The Kier molecular flexibility index (Phi) is 6.62. The first-order chi connectivity index (χ1) is 17.6. The van der Waals surface area contributed by atoms with Gasteiger partial charge in [0.15, 0.2) is 17.3 Å². The second-order valence-electron chi connectivity index (χ2n) is 8.03. The topological polar surface area (TPSA) is 73.1 Å². The maximum Gasteiger partial charge on any atom is 0.307 e. The van der Waals surface area contributed by atoms with Crippen molar-refractivity contribution < 1.29 is 23.1 Å². The van der Waals surface area contributed by atoms with Crippen molar-refractivity contribution in [3.05, 3.63) is 108 Å². The molecule has 36 heavy (non-hydrogen) atoms. The Morgan fingerprint density at radius 1 is 0.944 bits per heavy atom. The van der Waals surface area contributed by atoms with Crippen molar-refractivity contribution in [3.63, 3.8) is 0 Å². The lowest BCUT2D eigenvalue weighted by molar-refractivity contribution is 0.0929. The fourth-order valence-electron chi connectivity index (χ4n) is 3.89. The van der Waals surface area contributed by atoms with Gasteiger partial charge in [0.25, 0.3) is 0 Å². The van der Waals surface area contributed by atoms with Crippen LogP contribution >= 0.6 is 0 Å². The van der Waals surface area contributed by atoms with Crippen LogP contribution in [-0.2, 0) is 6.61 Å². The van der Waals surface area contributed by atoms with Crippen LogP contribution in [0.1, 0.15) is 28.6 Å². The van der Waals surface area contributed by atoms with Gasteiger partial charge >= 0.3 is 5.91 Å². The lowest BCUT2D eigenvalue weighted by Crippen LogP contribution is -2.16. The molecule has 4 aromatic carbocycles. The molecule has 0 bridgehead atoms. The van der Waals surface area contributed by atoms with Crippen LogP contribution < -0.4 is 14.9 Å². The zero-order valence-corrected chi connectivity index (χ0v) is 19.5. The predicted octanol–water partition coefficient (Wildman–Crippen LogP) is 6.47. The molecule has 180 valence electrons. The average molecular weight is 483 g/mol. The number of hydrazone groups is 1. The van der Waals surface area contributed by atoms with E-state index in [0.29, 0.717) is 34.8 Å². The third-order valence-corrected chi connectivity index (χ3v) is 5.64. The van der Waals surface area contributed by atoms with Gasteiger partial charge in [-0.3, -0.25) is 4.79 Å². The van der Waals surface area contributed by atoms with E-state index in [1.54, 1.807) is 42.5 Å². The lowest BCUT2D eigenvalue weighted by Gasteiger charge is -2.13. The second-order valence-corrected chi connectivity index (χ2v) is 8.03. The van der Waals surface area contributed by atoms with Gasteiger partial charge in [-0.1, -0.05) is 48.5 Å². The maximum absolute atomic E-state index is 13.9. The minimum atomic E-state index is -0.457. The largest absolute Gasteiger partial charge is 0.490 e. The van der Waals surface area contributed by atoms with E-state index in [1.807, 2.05) is 43.3 Å². The SMILES string of the molecule is CCOc1cc(/C=N\NC(=O)c2cc3c(ccc4ccccc43)o2)ccc1OCc1ccccc1F. The lowest BCUT2D eigenvalue weighted by atomic mass is 10.1. The summed E-state index contributed by atoms with van der Waals surface area (Å²) in [5.41, 5.74) is 4.27. The fourth-order valence-corrected chi connectivity index (χ4v) is 3.89. The van der Waals surface area contributed by atoms with Gasteiger partial charge in [-0.15, -0.1) is 0 Å². The number of carbonyl (C=O) groups is 1. The van der Waals surface area contributed by atoms with Crippen molar-refractivity contribution in [2.45, 2.75) is 13.5 Å². The minimum Gasteiger partial charge on any atom is -0.490 e. The molecule has 1 amide bonds. The molecule has 0 saturated heterocycles. The smallest absolute Gasteiger partial charge is 0.307 e. The number of ether oxygens (including phenoxy) is 2. The molecule has 0 aliphatic heterocycles. The Bertz CT molecular complexity index is 1570. The highest BCUT2D eigenvalue weighted by Gasteiger charge is 2.14. The molecule has 1 aromatic heterocycles. The normalized spacial score (nSPS) is 11.3. The number of furan rings is 1. The van der Waals surface area contributed by atoms with Crippen LogP contribution in [0.25, 0.3) is 21.7 Å². The number of hydrogen-bond donors (Lipinski definition) is 1. The summed E-state index contributed by atoms with van der Waals surface area (Å²) in [6, 6.07) is 25.1. The number of amides is 1. The molecule has 0 atom stereocenters. The first-order valence-corrected chi connectivity index (χ1v) is 11.5. The number of benzene rings is 4. The van der Waals surface area contributed by atoms with Crippen molar-refractivity contribution in [3.8, 4) is 11.5 Å². The number of rotatable bonds is 8. The zero-order chi connectivity index (χ0) is 24.9. The highest BCUT2D eigenvalue weighted by Crippen LogP contribution is 2.30. The maximum atomic E-state index is 13.9. The molecule has 1 heterocycles. The summed E-state index contributed by atoms with van der Waals surface area (Å²) in [5.74, 6) is 0.364. The van der Waals surface area contributed by atoms with Crippen LogP contribution in [0.5, 0.6) is 11.5 Å². The van der Waals surface area contributed by atoms with Crippen molar-refractivity contribution in [1.29, 1.82) is 0 Å². The molecule has 7 heteroatoms. The van der Waals surface area contributed by atoms with E-state index in [0.717, 1.165) is 16.2 Å². The fraction of sp³-hybridized carbons (Fsp3) is 0.103. The Hall–Kier alpha value is -4.65. The van der Waals surface area contributed by atoms with Gasteiger partial charge in [0.2, 0.25) is 0 Å². The summed E-state index contributed by atoms with van der Waals surface area (Å²) in [4.78, 5) is 12.6. The standard InChI is InChI=1S/C29H23FN2O4/c1-2-34-27-15-19(11-13-26(27)35-18-21-8-4-6-10-24(21)30)17-31-32-29(33)28-16-23-22-9-5-3-7-20(22)12-14-25(23)36-28/h3-17H,2,18H2,1H3,(H,32,33)/b31-17-. The quantitative estimate of drug-likeness (QED) is 0.203. The number of hydrogen-bond acceptors (Lipinski definition) is 5. The van der Waals surface area contributed by atoms with Crippen LogP contribution in [0.4, 0.5) is 4.39 Å². The van der Waals surface area contributed by atoms with E-state index in [1.165, 1.54) is 12.3 Å². The summed E-state index contributed by atoms with van der Waals surface area (Å²) < 4.78 is 31.1. The van der Waals surface area contributed by atoms with Crippen LogP contribution in [0.15, 0.2) is 94.4 Å². The molecule has 1 N–H and O–H groups in total. The molecule has 0 spiro atoms. The monoisotopic (exact) mass is 482 g/mol. The Morgan fingerprint density at radius 3 is 2.64 bits per heavy atom. The summed E-state index contributed by atoms with van der Waals surface area (Å²) in [5, 5.41) is 7.01. The number of nitrogens with zero attached hydrogens (tertiary/aromatic N) is 1. The molecular formula is C29H23FN2O4. The molecule has 0 fully saturated rings. The van der Waals surface area contributed by atoms with Crippen molar-refractivity contribution >= 4 is 33.9 Å². The van der Waals surface area contributed by atoms with E-state index >= 15 is 0 Å². The van der Waals surface area contributed by atoms with Gasteiger partial charge in [-0.25, -0.2) is 9.82 Å². The number of halogens is 1. The predicted molar refractivity (Wildman–Crippen MR) is 137 cm³/mol. The molecule has 5 aromatic rings. The molecule has 0 aliphatic rings. The van der Waals surface area contributed by atoms with Crippen molar-refractivity contribution in [1.82, 2.24) is 5.43 Å². The molecule has 0 saturated carbocycles. The highest BCUT2D eigenvalue weighted by atomic mass is 19.1. The van der Waals surface area contributed by atoms with Gasteiger partial charge in [-0.05, 0) is 59.7 Å². The van der Waals surface area contributed by atoms with Crippen molar-refractivity contribution in [2.24, 2.45) is 5.10 Å². The third-order valence-electron chi connectivity index (χ3n) is 5.64. The van der Waals surface area contributed by atoms with E-state index < -0.39 is 5.91 Å². The molecule has 0 radical (unpaired) electrons. The van der Waals surface area contributed by atoms with Crippen LogP contribution in [0.2, 0.25) is 0 Å². The van der Waals surface area contributed by atoms with E-state index in [-0.39, 0.29) is 18.2 Å². The van der Waals surface area contributed by atoms with Gasteiger partial charge in [0, 0.05) is 10.9 Å². The van der Waals surface area contributed by atoms with Crippen LogP contribution in [0.3, 0.4) is 0 Å². The third kappa shape index (κ3) is 4.90. The number of nitrogens with one attached hydrogen (secondary N) is 1. The summed E-state index contributed by atoms with van der Waals surface area (Å²) in [7, 11) is 0. The molecule has 0 unspecified atom stereocenters. The number of carbonyl (C=O) groups excluding carboxylic acids is 1. The van der Waals surface area contributed by atoms with E-state index in [2.05, 4.69) is 10.5 Å². The average Bonchev–Trinajstić information content (AvgIpc) is 3.34. The summed E-state index contributed by atoms with van der Waals surface area (Å²) >= 11 is 0. The highest BCUT2D eigenvalue weighted by molar-refractivity contribution is 6.08. The molecule has 6 nitrogen and oxygen atoms in total. The van der Waals surface area contributed by atoms with Gasteiger partial charge in [-0.2, -0.15) is 5.10 Å². The summed E-state index contributed by atoms with van der Waals surface area (Å²) in [6.45, 7) is 2.36. The minimum absolute atomic E-state index is 0.0724. The van der Waals surface area contributed by atoms with E-state index in [9.17, 15) is 9.18 Å². The molecule has 0 aliphatic carbocycles.